The van der Waals surface area contributed by atoms with Crippen LogP contribution >= 0.6 is 0 Å². The molecule has 0 amide bonds. The van der Waals surface area contributed by atoms with E-state index in [0.29, 0.717) is 5.56 Å². The Kier molecular flexibility index (Phi) is 4.76. The topological polar surface area (TPSA) is 46.5 Å². The Morgan fingerprint density at radius 1 is 1.11 bits per heavy atom. The number of aromatic hydroxyl groups is 1. The molecule has 100 valence electrons. The van der Waals surface area contributed by atoms with Gasteiger partial charge in [-0.15, -0.1) is 0 Å². The molecule has 0 saturated heterocycles. The first-order chi connectivity index (χ1) is 8.34. The largest absolute Gasteiger partial charge is 0.507 e. The van der Waals surface area contributed by atoms with E-state index < -0.39 is 5.92 Å². The van der Waals surface area contributed by atoms with Crippen molar-refractivity contribution >= 4 is 5.97 Å². The molecule has 0 aliphatic heterocycles. The normalized spacial score (nSPS) is 12.8. The molecule has 0 aromatic heterocycles. The zero-order valence-electron chi connectivity index (χ0n) is 11.7. The lowest BCUT2D eigenvalue weighted by molar-refractivity contribution is -0.148. The van der Waals surface area contributed by atoms with Gasteiger partial charge in [0.2, 0.25) is 0 Å². The first-order valence-electron chi connectivity index (χ1n) is 6.36. The summed E-state index contributed by atoms with van der Waals surface area (Å²) in [6, 6.07) is 5.51. The van der Waals surface area contributed by atoms with Gasteiger partial charge in [-0.1, -0.05) is 32.0 Å². The predicted molar refractivity (Wildman–Crippen MR) is 71.8 cm³/mol. The lowest BCUT2D eigenvalue weighted by Crippen LogP contribution is -2.17. The van der Waals surface area contributed by atoms with E-state index in [2.05, 4.69) is 0 Å². The minimum Gasteiger partial charge on any atom is -0.507 e. The molecule has 0 aliphatic rings. The molecule has 0 bridgehead atoms. The third kappa shape index (κ3) is 3.25. The fourth-order valence-electron chi connectivity index (χ4n) is 1.86. The molecule has 0 saturated carbocycles. The molecule has 1 rings (SSSR count). The average Bonchev–Trinajstić information content (AvgIpc) is 2.27. The molecule has 0 aliphatic carbocycles. The summed E-state index contributed by atoms with van der Waals surface area (Å²) < 4.78 is 5.17. The van der Waals surface area contributed by atoms with Crippen molar-refractivity contribution in [2.75, 3.05) is 0 Å². The quantitative estimate of drug-likeness (QED) is 0.831. The first-order valence-corrected chi connectivity index (χ1v) is 6.36. The number of phenols is 1. The van der Waals surface area contributed by atoms with Crippen LogP contribution in [-0.4, -0.2) is 17.2 Å². The van der Waals surface area contributed by atoms with Gasteiger partial charge in [0.05, 0.1) is 12.0 Å². The van der Waals surface area contributed by atoms with Crippen molar-refractivity contribution in [3.63, 3.8) is 0 Å². The van der Waals surface area contributed by atoms with Crippen LogP contribution in [-0.2, 0) is 9.53 Å². The van der Waals surface area contributed by atoms with Crippen LogP contribution in [0.5, 0.6) is 5.75 Å². The summed E-state index contributed by atoms with van der Waals surface area (Å²) in [5.74, 6) is -0.328. The number of phenolic OH excluding ortho intramolecular Hbond substituents is 1. The fourth-order valence-corrected chi connectivity index (χ4v) is 1.86. The zero-order chi connectivity index (χ0) is 13.9. The number of ether oxygens (including phenoxy) is 1. The minimum atomic E-state index is -0.453. The molecule has 1 aromatic rings. The van der Waals surface area contributed by atoms with Gasteiger partial charge in [-0.3, -0.25) is 4.79 Å². The summed E-state index contributed by atoms with van der Waals surface area (Å²) in [6.07, 6.45) is -0.143. The third-order valence-electron chi connectivity index (χ3n) is 2.89. The summed E-state index contributed by atoms with van der Waals surface area (Å²) in [6.45, 7) is 9.40. The van der Waals surface area contributed by atoms with Gasteiger partial charge < -0.3 is 9.84 Å². The minimum absolute atomic E-state index is 0.143. The number of para-hydroxylation sites is 1. The molecule has 0 spiro atoms. The van der Waals surface area contributed by atoms with Gasteiger partial charge in [-0.25, -0.2) is 0 Å². The Morgan fingerprint density at radius 3 is 2.17 bits per heavy atom. The van der Waals surface area contributed by atoms with Crippen molar-refractivity contribution < 1.29 is 14.6 Å². The highest BCUT2D eigenvalue weighted by atomic mass is 16.5. The SMILES string of the molecule is CC(C)OC(=O)C(C)c1cccc(C(C)C)c1O. The average molecular weight is 250 g/mol. The molecule has 1 atom stereocenters. The smallest absolute Gasteiger partial charge is 0.313 e. The van der Waals surface area contributed by atoms with Crippen LogP contribution in [0.3, 0.4) is 0 Å². The van der Waals surface area contributed by atoms with E-state index in [1.807, 2.05) is 39.8 Å². The van der Waals surface area contributed by atoms with Crippen molar-refractivity contribution in [3.8, 4) is 5.75 Å². The van der Waals surface area contributed by atoms with Crippen LogP contribution in [0.2, 0.25) is 0 Å². The molecule has 1 unspecified atom stereocenters. The summed E-state index contributed by atoms with van der Waals surface area (Å²) in [5.41, 5.74) is 1.49. The number of hydrogen-bond donors (Lipinski definition) is 1. The van der Waals surface area contributed by atoms with E-state index in [-0.39, 0.29) is 23.7 Å². The number of carbonyl (C=O) groups is 1. The van der Waals surface area contributed by atoms with Crippen molar-refractivity contribution in [2.45, 2.75) is 52.6 Å². The Bertz CT molecular complexity index is 422. The maximum Gasteiger partial charge on any atom is 0.313 e. The van der Waals surface area contributed by atoms with Gasteiger partial charge in [-0.2, -0.15) is 0 Å². The van der Waals surface area contributed by atoms with Crippen LogP contribution in [0.1, 0.15) is 57.6 Å². The van der Waals surface area contributed by atoms with Gasteiger partial charge in [0.25, 0.3) is 0 Å². The van der Waals surface area contributed by atoms with E-state index >= 15 is 0 Å². The Morgan fingerprint density at radius 2 is 1.67 bits per heavy atom. The Hall–Kier alpha value is -1.51. The summed E-state index contributed by atoms with van der Waals surface area (Å²) in [7, 11) is 0. The van der Waals surface area contributed by atoms with E-state index in [9.17, 15) is 9.90 Å². The van der Waals surface area contributed by atoms with Crippen LogP contribution in [0.25, 0.3) is 0 Å². The molecule has 0 fully saturated rings. The second-order valence-corrected chi connectivity index (χ2v) is 5.15. The van der Waals surface area contributed by atoms with Crippen molar-refractivity contribution in [2.24, 2.45) is 0 Å². The maximum absolute atomic E-state index is 11.9. The van der Waals surface area contributed by atoms with Gasteiger partial charge in [0.1, 0.15) is 5.75 Å². The third-order valence-corrected chi connectivity index (χ3v) is 2.89. The maximum atomic E-state index is 11.9. The van der Waals surface area contributed by atoms with Gasteiger partial charge in [0, 0.05) is 5.56 Å². The predicted octanol–water partition coefficient (Wildman–Crippen LogP) is 3.57. The van der Waals surface area contributed by atoms with E-state index in [4.69, 9.17) is 4.74 Å². The summed E-state index contributed by atoms with van der Waals surface area (Å²) in [4.78, 5) is 11.9. The molecular weight excluding hydrogens is 228 g/mol. The molecular formula is C15H22O3. The zero-order valence-corrected chi connectivity index (χ0v) is 11.7. The first kappa shape index (κ1) is 14.6. The number of benzene rings is 1. The van der Waals surface area contributed by atoms with E-state index in [1.54, 1.807) is 13.0 Å². The lowest BCUT2D eigenvalue weighted by Gasteiger charge is -2.18. The number of carbonyl (C=O) groups excluding carboxylic acids is 1. The number of hydrogen-bond acceptors (Lipinski definition) is 3. The second kappa shape index (κ2) is 5.89. The standard InChI is InChI=1S/C15H22O3/c1-9(2)12-7-6-8-13(14(12)16)11(5)15(17)18-10(3)4/h6-11,16H,1-5H3. The highest BCUT2D eigenvalue weighted by molar-refractivity contribution is 5.79. The Labute approximate surface area is 109 Å². The van der Waals surface area contributed by atoms with Crippen molar-refractivity contribution in [1.82, 2.24) is 0 Å². The summed E-state index contributed by atoms with van der Waals surface area (Å²) >= 11 is 0. The summed E-state index contributed by atoms with van der Waals surface area (Å²) in [5, 5.41) is 10.2. The molecule has 18 heavy (non-hydrogen) atoms. The number of esters is 1. The Balaban J connectivity index is 3.03. The van der Waals surface area contributed by atoms with Crippen LogP contribution in [0, 0.1) is 0 Å². The highest BCUT2D eigenvalue weighted by Crippen LogP contribution is 2.33. The molecule has 0 radical (unpaired) electrons. The van der Waals surface area contributed by atoms with Gasteiger partial charge in [0.15, 0.2) is 0 Å². The number of rotatable bonds is 4. The molecule has 3 heteroatoms. The van der Waals surface area contributed by atoms with Crippen LogP contribution < -0.4 is 0 Å². The lowest BCUT2D eigenvalue weighted by atomic mass is 9.93. The molecule has 1 N–H and O–H groups in total. The molecule has 3 nitrogen and oxygen atoms in total. The van der Waals surface area contributed by atoms with Crippen LogP contribution in [0.15, 0.2) is 18.2 Å². The fraction of sp³-hybridized carbons (Fsp3) is 0.533. The van der Waals surface area contributed by atoms with E-state index in [0.717, 1.165) is 5.56 Å². The second-order valence-electron chi connectivity index (χ2n) is 5.15. The monoisotopic (exact) mass is 250 g/mol. The molecule has 0 heterocycles. The molecule has 1 aromatic carbocycles. The van der Waals surface area contributed by atoms with Crippen LogP contribution in [0.4, 0.5) is 0 Å². The highest BCUT2D eigenvalue weighted by Gasteiger charge is 2.22. The van der Waals surface area contributed by atoms with Gasteiger partial charge >= 0.3 is 5.97 Å². The van der Waals surface area contributed by atoms with Crippen molar-refractivity contribution in [1.29, 1.82) is 0 Å². The van der Waals surface area contributed by atoms with Gasteiger partial charge in [-0.05, 0) is 32.3 Å². The van der Waals surface area contributed by atoms with Crippen molar-refractivity contribution in [3.05, 3.63) is 29.3 Å². The van der Waals surface area contributed by atoms with E-state index in [1.165, 1.54) is 0 Å².